The summed E-state index contributed by atoms with van der Waals surface area (Å²) >= 11 is 0. The van der Waals surface area contributed by atoms with Crippen LogP contribution < -0.4 is 0 Å². The minimum Gasteiger partial charge on any atom is -0.300 e. The molecule has 4 nitrogen and oxygen atoms in total. The van der Waals surface area contributed by atoms with Crippen LogP contribution >= 0.6 is 0 Å². The van der Waals surface area contributed by atoms with E-state index in [1.165, 1.54) is 12.8 Å². The monoisotopic (exact) mass is 255 g/mol. The maximum Gasteiger partial charge on any atom is 0.168 e. The number of pyridine rings is 1. The molecule has 2 atom stereocenters. The fraction of sp³-hybridized carbons (Fsp3) is 0.533. The molecular formula is C15H17N3O. The van der Waals surface area contributed by atoms with Gasteiger partial charge in [-0.25, -0.2) is 4.98 Å². The zero-order valence-corrected chi connectivity index (χ0v) is 11.0. The van der Waals surface area contributed by atoms with Crippen LogP contribution in [0, 0.1) is 17.2 Å². The van der Waals surface area contributed by atoms with Crippen LogP contribution in [-0.4, -0.2) is 34.8 Å². The van der Waals surface area contributed by atoms with Crippen molar-refractivity contribution in [2.24, 2.45) is 5.92 Å². The third-order valence-electron chi connectivity index (χ3n) is 4.65. The van der Waals surface area contributed by atoms with E-state index in [-0.39, 0.29) is 17.4 Å². The van der Waals surface area contributed by atoms with Gasteiger partial charge in [0.2, 0.25) is 0 Å². The highest BCUT2D eigenvalue weighted by Crippen LogP contribution is 2.38. The summed E-state index contributed by atoms with van der Waals surface area (Å²) in [5, 5.41) is 9.05. The number of Topliss-reactive ketones (excluding diaryl/α,β-unsaturated/α-hetero) is 1. The number of rotatable bonds is 2. The summed E-state index contributed by atoms with van der Waals surface area (Å²) in [5.41, 5.74) is 0.762. The van der Waals surface area contributed by atoms with Crippen molar-refractivity contribution in [2.45, 2.75) is 37.8 Å². The standard InChI is InChI=1S/C15H17N3O/c1-18-11-4-5-12(18)8-10(7-11)15(19)13-3-2-6-17-14(13)9-16/h2-3,6,10-12H,4-5,7-8H2,1H3. The van der Waals surface area contributed by atoms with E-state index in [0.717, 1.165) is 12.8 Å². The molecule has 2 aliphatic rings. The van der Waals surface area contributed by atoms with Crippen molar-refractivity contribution >= 4 is 5.78 Å². The van der Waals surface area contributed by atoms with Crippen LogP contribution in [0.4, 0.5) is 0 Å². The lowest BCUT2D eigenvalue weighted by Crippen LogP contribution is -2.42. The van der Waals surface area contributed by atoms with Crippen LogP contribution in [-0.2, 0) is 0 Å². The number of aromatic nitrogens is 1. The Balaban J connectivity index is 1.84. The van der Waals surface area contributed by atoms with Gasteiger partial charge in [-0.1, -0.05) is 0 Å². The lowest BCUT2D eigenvalue weighted by atomic mass is 9.84. The molecule has 0 saturated carbocycles. The van der Waals surface area contributed by atoms with Crippen LogP contribution in [0.5, 0.6) is 0 Å². The molecule has 2 aliphatic heterocycles. The Morgan fingerprint density at radius 1 is 1.42 bits per heavy atom. The first-order valence-corrected chi connectivity index (χ1v) is 6.82. The molecule has 3 rings (SSSR count). The topological polar surface area (TPSA) is 57.0 Å². The minimum atomic E-state index is 0.0602. The van der Waals surface area contributed by atoms with Crippen molar-refractivity contribution < 1.29 is 4.79 Å². The van der Waals surface area contributed by atoms with Gasteiger partial charge in [-0.15, -0.1) is 0 Å². The summed E-state index contributed by atoms with van der Waals surface area (Å²) in [6.45, 7) is 0. The molecule has 2 unspecified atom stereocenters. The molecule has 98 valence electrons. The SMILES string of the molecule is CN1C2CCC1CC(C(=O)c1cccnc1C#N)C2. The Hall–Kier alpha value is -1.73. The number of fused-ring (bicyclic) bond motifs is 2. The molecule has 0 amide bonds. The van der Waals surface area contributed by atoms with Crippen molar-refractivity contribution in [2.75, 3.05) is 7.05 Å². The predicted octanol–water partition coefficient (Wildman–Crippen LogP) is 2.01. The highest BCUT2D eigenvalue weighted by atomic mass is 16.1. The minimum absolute atomic E-state index is 0.0602. The van der Waals surface area contributed by atoms with E-state index in [2.05, 4.69) is 16.9 Å². The molecule has 0 spiro atoms. The summed E-state index contributed by atoms with van der Waals surface area (Å²) < 4.78 is 0. The smallest absolute Gasteiger partial charge is 0.168 e. The average molecular weight is 255 g/mol. The molecule has 2 bridgehead atoms. The van der Waals surface area contributed by atoms with Gasteiger partial charge < -0.3 is 4.90 Å². The van der Waals surface area contributed by atoms with Crippen LogP contribution in [0.15, 0.2) is 18.3 Å². The van der Waals surface area contributed by atoms with Gasteiger partial charge in [-0.05, 0) is 44.9 Å². The number of hydrogen-bond donors (Lipinski definition) is 0. The summed E-state index contributed by atoms with van der Waals surface area (Å²) in [6, 6.07) is 6.56. The van der Waals surface area contributed by atoms with E-state index in [1.54, 1.807) is 18.3 Å². The highest BCUT2D eigenvalue weighted by Gasteiger charge is 2.41. The Morgan fingerprint density at radius 3 is 2.74 bits per heavy atom. The second kappa shape index (κ2) is 4.75. The van der Waals surface area contributed by atoms with Gasteiger partial charge in [-0.2, -0.15) is 5.26 Å². The Morgan fingerprint density at radius 2 is 2.11 bits per heavy atom. The van der Waals surface area contributed by atoms with Crippen molar-refractivity contribution in [3.63, 3.8) is 0 Å². The fourth-order valence-corrected chi connectivity index (χ4v) is 3.54. The van der Waals surface area contributed by atoms with Gasteiger partial charge in [0.15, 0.2) is 11.5 Å². The second-order valence-electron chi connectivity index (χ2n) is 5.59. The lowest BCUT2D eigenvalue weighted by molar-refractivity contribution is 0.0766. The Bertz CT molecular complexity index is 535. The van der Waals surface area contributed by atoms with Gasteiger partial charge in [0.1, 0.15) is 6.07 Å². The van der Waals surface area contributed by atoms with Gasteiger partial charge in [0, 0.05) is 24.2 Å². The summed E-state index contributed by atoms with van der Waals surface area (Å²) in [5.74, 6) is 0.166. The van der Waals surface area contributed by atoms with E-state index >= 15 is 0 Å². The van der Waals surface area contributed by atoms with Gasteiger partial charge in [-0.3, -0.25) is 4.79 Å². The molecule has 2 saturated heterocycles. The number of carbonyl (C=O) groups is 1. The zero-order valence-electron chi connectivity index (χ0n) is 11.0. The largest absolute Gasteiger partial charge is 0.300 e. The first-order chi connectivity index (χ1) is 9.20. The normalized spacial score (nSPS) is 30.0. The molecule has 19 heavy (non-hydrogen) atoms. The van der Waals surface area contributed by atoms with E-state index < -0.39 is 0 Å². The molecule has 0 aromatic carbocycles. The molecule has 2 fully saturated rings. The third kappa shape index (κ3) is 2.04. The van der Waals surface area contributed by atoms with Crippen molar-refractivity contribution in [1.29, 1.82) is 5.26 Å². The number of ketones is 1. The molecule has 0 radical (unpaired) electrons. The van der Waals surface area contributed by atoms with Gasteiger partial charge in [0.05, 0.1) is 5.56 Å². The number of nitriles is 1. The van der Waals surface area contributed by atoms with Crippen molar-refractivity contribution in [1.82, 2.24) is 9.88 Å². The molecule has 0 N–H and O–H groups in total. The number of carbonyl (C=O) groups excluding carboxylic acids is 1. The summed E-state index contributed by atoms with van der Waals surface area (Å²) in [4.78, 5) is 19.0. The van der Waals surface area contributed by atoms with Crippen molar-refractivity contribution in [3.05, 3.63) is 29.6 Å². The molecule has 4 heteroatoms. The molecule has 1 aromatic rings. The molecule has 0 aliphatic carbocycles. The van der Waals surface area contributed by atoms with E-state index in [0.29, 0.717) is 17.6 Å². The Kier molecular flexibility index (Phi) is 3.08. The first-order valence-electron chi connectivity index (χ1n) is 6.82. The van der Waals surface area contributed by atoms with E-state index in [4.69, 9.17) is 5.26 Å². The highest BCUT2D eigenvalue weighted by molar-refractivity contribution is 5.99. The summed E-state index contributed by atoms with van der Waals surface area (Å²) in [7, 11) is 2.16. The fourth-order valence-electron chi connectivity index (χ4n) is 3.54. The maximum absolute atomic E-state index is 12.6. The molecular weight excluding hydrogens is 238 g/mol. The predicted molar refractivity (Wildman–Crippen MR) is 70.6 cm³/mol. The third-order valence-corrected chi connectivity index (χ3v) is 4.65. The first kappa shape index (κ1) is 12.3. The van der Waals surface area contributed by atoms with Crippen LogP contribution in [0.25, 0.3) is 0 Å². The second-order valence-corrected chi connectivity index (χ2v) is 5.59. The van der Waals surface area contributed by atoms with Crippen LogP contribution in [0.1, 0.15) is 41.7 Å². The van der Waals surface area contributed by atoms with E-state index in [9.17, 15) is 4.79 Å². The number of nitrogens with zero attached hydrogens (tertiary/aromatic N) is 3. The van der Waals surface area contributed by atoms with Crippen LogP contribution in [0.3, 0.4) is 0 Å². The molecule has 1 aromatic heterocycles. The number of piperidine rings is 1. The quantitative estimate of drug-likeness (QED) is 0.758. The molecule has 3 heterocycles. The lowest BCUT2D eigenvalue weighted by Gasteiger charge is -2.35. The average Bonchev–Trinajstić information content (AvgIpc) is 2.68. The van der Waals surface area contributed by atoms with Crippen LogP contribution in [0.2, 0.25) is 0 Å². The van der Waals surface area contributed by atoms with E-state index in [1.807, 2.05) is 6.07 Å². The zero-order chi connectivity index (χ0) is 13.4. The van der Waals surface area contributed by atoms with Crippen molar-refractivity contribution in [3.8, 4) is 6.07 Å². The number of hydrogen-bond acceptors (Lipinski definition) is 4. The maximum atomic E-state index is 12.6. The Labute approximate surface area is 113 Å². The summed E-state index contributed by atoms with van der Waals surface area (Å²) in [6.07, 6.45) is 5.80. The van der Waals surface area contributed by atoms with Gasteiger partial charge in [0.25, 0.3) is 0 Å². The van der Waals surface area contributed by atoms with Gasteiger partial charge >= 0.3 is 0 Å².